The molecule has 0 saturated carbocycles. The summed E-state index contributed by atoms with van der Waals surface area (Å²) in [5, 5.41) is 2.90. The van der Waals surface area contributed by atoms with Crippen LogP contribution in [0, 0.1) is 5.92 Å². The maximum Gasteiger partial charge on any atom is 0.393 e. The van der Waals surface area contributed by atoms with E-state index in [-0.39, 0.29) is 49.6 Å². The average Bonchev–Trinajstić information content (AvgIpc) is 3.23. The first-order valence-corrected chi connectivity index (χ1v) is 11.0. The smallest absolute Gasteiger partial charge is 0.370 e. The summed E-state index contributed by atoms with van der Waals surface area (Å²) in [6.45, 7) is 2.57. The van der Waals surface area contributed by atoms with Crippen LogP contribution in [0.15, 0.2) is 18.3 Å². The number of carbonyl (C=O) groups excluding carboxylic acids is 2. The number of pyridine rings is 1. The van der Waals surface area contributed by atoms with E-state index in [2.05, 4.69) is 10.3 Å². The number of nitrogens with one attached hydrogen (secondary N) is 1. The summed E-state index contributed by atoms with van der Waals surface area (Å²) in [5.74, 6) is -1.32. The van der Waals surface area contributed by atoms with Crippen LogP contribution < -0.4 is 10.2 Å². The largest absolute Gasteiger partial charge is 0.393 e. The molecule has 0 bridgehead atoms. The number of piperidine rings is 1. The second-order valence-corrected chi connectivity index (χ2v) is 9.06. The van der Waals surface area contributed by atoms with Gasteiger partial charge in [0.15, 0.2) is 0 Å². The molecule has 0 aliphatic carbocycles. The summed E-state index contributed by atoms with van der Waals surface area (Å²) in [4.78, 5) is 34.1. The van der Waals surface area contributed by atoms with Gasteiger partial charge in [-0.3, -0.25) is 9.78 Å². The Morgan fingerprint density at radius 1 is 1.09 bits per heavy atom. The van der Waals surface area contributed by atoms with Gasteiger partial charge in [0.1, 0.15) is 6.61 Å². The molecule has 32 heavy (non-hydrogen) atoms. The molecule has 3 atom stereocenters. The van der Waals surface area contributed by atoms with Crippen LogP contribution in [0.1, 0.15) is 24.5 Å². The van der Waals surface area contributed by atoms with E-state index in [0.29, 0.717) is 44.8 Å². The lowest BCUT2D eigenvalue weighted by Gasteiger charge is -2.46. The number of nitrogens with zero attached hydrogens (tertiary/aromatic N) is 4. The zero-order chi connectivity index (χ0) is 22.5. The van der Waals surface area contributed by atoms with Gasteiger partial charge in [-0.15, -0.1) is 0 Å². The third-order valence-electron chi connectivity index (χ3n) is 6.95. The lowest BCUT2D eigenvalue weighted by atomic mass is 9.95. The lowest BCUT2D eigenvalue weighted by Crippen LogP contribution is -2.63. The van der Waals surface area contributed by atoms with Crippen LogP contribution >= 0.6 is 0 Å². The van der Waals surface area contributed by atoms with Gasteiger partial charge < -0.3 is 24.8 Å². The highest BCUT2D eigenvalue weighted by molar-refractivity contribution is 5.79. The molecule has 4 aliphatic heterocycles. The molecule has 1 N–H and O–H groups in total. The molecule has 4 saturated heterocycles. The maximum atomic E-state index is 12.9. The van der Waals surface area contributed by atoms with Crippen LogP contribution in [0.25, 0.3) is 0 Å². The van der Waals surface area contributed by atoms with E-state index in [4.69, 9.17) is 4.74 Å². The molecule has 5 rings (SSSR count). The SMILES string of the molecule is O=C1CO[C@H]2CCN(C(=O)N3CC(c4ccc(N5CCC(C(F)(F)F)C5)cn4)C3)C[C@H]2N1. The number of halogens is 3. The number of aromatic nitrogens is 1. The van der Waals surface area contributed by atoms with Crippen molar-refractivity contribution in [3.63, 3.8) is 0 Å². The third kappa shape index (κ3) is 4.10. The zero-order valence-electron chi connectivity index (χ0n) is 17.6. The maximum absolute atomic E-state index is 12.9. The first-order valence-electron chi connectivity index (χ1n) is 11.0. The Kier molecular flexibility index (Phi) is 5.39. The minimum atomic E-state index is -4.16. The number of ether oxygens (including phenoxy) is 1. The third-order valence-corrected chi connectivity index (χ3v) is 6.95. The monoisotopic (exact) mass is 453 g/mol. The predicted molar refractivity (Wildman–Crippen MR) is 108 cm³/mol. The molecule has 174 valence electrons. The molecular weight excluding hydrogens is 427 g/mol. The number of rotatable bonds is 2. The summed E-state index contributed by atoms with van der Waals surface area (Å²) >= 11 is 0. The van der Waals surface area contributed by atoms with Crippen LogP contribution in [0.4, 0.5) is 23.7 Å². The van der Waals surface area contributed by atoms with Gasteiger partial charge in [0.05, 0.1) is 29.9 Å². The molecule has 5 heterocycles. The predicted octanol–water partition coefficient (Wildman–Crippen LogP) is 1.58. The number of anilines is 1. The van der Waals surface area contributed by atoms with Gasteiger partial charge in [0.2, 0.25) is 5.91 Å². The molecule has 1 aromatic rings. The van der Waals surface area contributed by atoms with Crippen LogP contribution in [-0.2, 0) is 9.53 Å². The fourth-order valence-electron chi connectivity index (χ4n) is 4.98. The van der Waals surface area contributed by atoms with E-state index in [1.807, 2.05) is 12.1 Å². The molecule has 0 aromatic carbocycles. The highest BCUT2D eigenvalue weighted by atomic mass is 19.4. The number of morpholine rings is 1. The highest BCUT2D eigenvalue weighted by Gasteiger charge is 2.44. The number of hydrogen-bond donors (Lipinski definition) is 1. The van der Waals surface area contributed by atoms with E-state index in [1.54, 1.807) is 20.9 Å². The number of hydrogen-bond acceptors (Lipinski definition) is 5. The number of likely N-dealkylation sites (tertiary alicyclic amines) is 2. The van der Waals surface area contributed by atoms with Gasteiger partial charge in [0, 0.05) is 50.9 Å². The van der Waals surface area contributed by atoms with Crippen molar-refractivity contribution in [3.8, 4) is 0 Å². The van der Waals surface area contributed by atoms with Gasteiger partial charge in [-0.1, -0.05) is 0 Å². The van der Waals surface area contributed by atoms with Gasteiger partial charge in [-0.05, 0) is 25.0 Å². The van der Waals surface area contributed by atoms with Crippen LogP contribution in [0.3, 0.4) is 0 Å². The molecular formula is C21H26F3N5O3. The summed E-state index contributed by atoms with van der Waals surface area (Å²) in [7, 11) is 0. The normalized spacial score (nSPS) is 28.9. The first kappa shape index (κ1) is 21.3. The number of carbonyl (C=O) groups is 2. The minimum absolute atomic E-state index is 0.0284. The van der Waals surface area contributed by atoms with E-state index >= 15 is 0 Å². The van der Waals surface area contributed by atoms with Gasteiger partial charge >= 0.3 is 12.2 Å². The zero-order valence-corrected chi connectivity index (χ0v) is 17.6. The number of amides is 3. The van der Waals surface area contributed by atoms with Crippen molar-refractivity contribution < 1.29 is 27.5 Å². The van der Waals surface area contributed by atoms with E-state index in [9.17, 15) is 22.8 Å². The van der Waals surface area contributed by atoms with Crippen molar-refractivity contribution in [2.24, 2.45) is 5.92 Å². The molecule has 1 aromatic heterocycles. The number of alkyl halides is 3. The Balaban J connectivity index is 1.12. The Labute approximate surface area is 183 Å². The van der Waals surface area contributed by atoms with Crippen molar-refractivity contribution in [3.05, 3.63) is 24.0 Å². The van der Waals surface area contributed by atoms with Crippen molar-refractivity contribution in [2.45, 2.75) is 37.1 Å². The Morgan fingerprint density at radius 3 is 2.59 bits per heavy atom. The van der Waals surface area contributed by atoms with Crippen LogP contribution in [0.5, 0.6) is 0 Å². The highest BCUT2D eigenvalue weighted by Crippen LogP contribution is 2.36. The van der Waals surface area contributed by atoms with Crippen molar-refractivity contribution in [1.82, 2.24) is 20.1 Å². The molecule has 8 nitrogen and oxygen atoms in total. The number of fused-ring (bicyclic) bond motifs is 1. The van der Waals surface area contributed by atoms with E-state index in [0.717, 1.165) is 5.69 Å². The Morgan fingerprint density at radius 2 is 1.91 bits per heavy atom. The number of urea groups is 1. The van der Waals surface area contributed by atoms with Gasteiger partial charge in [0.25, 0.3) is 0 Å². The topological polar surface area (TPSA) is 78.0 Å². The van der Waals surface area contributed by atoms with Crippen molar-refractivity contribution >= 4 is 17.6 Å². The van der Waals surface area contributed by atoms with Gasteiger partial charge in [-0.25, -0.2) is 4.79 Å². The lowest BCUT2D eigenvalue weighted by molar-refractivity contribution is -0.168. The van der Waals surface area contributed by atoms with E-state index in [1.165, 1.54) is 0 Å². The second kappa shape index (κ2) is 8.09. The van der Waals surface area contributed by atoms with Crippen molar-refractivity contribution in [2.75, 3.05) is 50.8 Å². The molecule has 3 amide bonds. The van der Waals surface area contributed by atoms with Gasteiger partial charge in [-0.2, -0.15) is 13.2 Å². The molecule has 4 aliphatic rings. The summed E-state index contributed by atoms with van der Waals surface area (Å²) < 4.78 is 44.3. The molecule has 11 heteroatoms. The summed E-state index contributed by atoms with van der Waals surface area (Å²) in [6, 6.07) is 3.46. The Bertz CT molecular complexity index is 874. The summed E-state index contributed by atoms with van der Waals surface area (Å²) in [5.41, 5.74) is 1.54. The molecule has 0 spiro atoms. The summed E-state index contributed by atoms with van der Waals surface area (Å²) in [6.07, 6.45) is -1.75. The molecule has 0 radical (unpaired) electrons. The van der Waals surface area contributed by atoms with Crippen LogP contribution in [0.2, 0.25) is 0 Å². The van der Waals surface area contributed by atoms with E-state index < -0.39 is 12.1 Å². The Hall–Kier alpha value is -2.56. The van der Waals surface area contributed by atoms with Crippen LogP contribution in [-0.4, -0.2) is 90.9 Å². The first-order chi connectivity index (χ1) is 15.3. The quantitative estimate of drug-likeness (QED) is 0.736. The van der Waals surface area contributed by atoms with Crippen molar-refractivity contribution in [1.29, 1.82) is 0 Å². The molecule has 1 unspecified atom stereocenters. The fourth-order valence-corrected chi connectivity index (χ4v) is 4.98. The molecule has 4 fully saturated rings. The minimum Gasteiger partial charge on any atom is -0.370 e. The average molecular weight is 453 g/mol. The fraction of sp³-hybridized carbons (Fsp3) is 0.667. The second-order valence-electron chi connectivity index (χ2n) is 9.06. The standard InChI is InChI=1S/C21H26F3N5O3/c22-21(23,24)14-3-5-27(10-14)15-1-2-16(25-7-15)13-8-29(9-13)20(31)28-6-4-18-17(11-28)26-19(30)12-32-18/h1-2,7,13-14,17-18H,3-6,8-12H2,(H,26,30)/t14?,17-,18+/m1/s1.